The first-order chi connectivity index (χ1) is 7.13. The van der Waals surface area contributed by atoms with Gasteiger partial charge in [-0.15, -0.1) is 11.6 Å². The molecule has 0 aromatic heterocycles. The SMILES string of the molecule is CC1CCN(C(=O)CNC(=O)CCl)CC1. The Labute approximate surface area is 95.0 Å². The van der Waals surface area contributed by atoms with Crippen molar-refractivity contribution in [2.45, 2.75) is 19.8 Å². The van der Waals surface area contributed by atoms with Crippen LogP contribution in [0.5, 0.6) is 0 Å². The van der Waals surface area contributed by atoms with E-state index >= 15 is 0 Å². The standard InChI is InChI=1S/C10H17ClN2O2/c1-8-2-4-13(5-3-8)10(15)7-12-9(14)6-11/h8H,2-7H2,1H3,(H,12,14). The first-order valence-electron chi connectivity index (χ1n) is 5.24. The molecule has 1 N–H and O–H groups in total. The number of hydrogen-bond donors (Lipinski definition) is 1. The van der Waals surface area contributed by atoms with Crippen molar-refractivity contribution >= 4 is 23.4 Å². The lowest BCUT2D eigenvalue weighted by Crippen LogP contribution is -2.44. The number of nitrogens with zero attached hydrogens (tertiary/aromatic N) is 1. The molecule has 0 aromatic rings. The summed E-state index contributed by atoms with van der Waals surface area (Å²) in [6.45, 7) is 3.87. The average Bonchev–Trinajstić information content (AvgIpc) is 2.26. The van der Waals surface area contributed by atoms with E-state index in [9.17, 15) is 9.59 Å². The predicted octanol–water partition coefficient (Wildman–Crippen LogP) is 0.600. The van der Waals surface area contributed by atoms with Gasteiger partial charge in [-0.2, -0.15) is 0 Å². The highest BCUT2D eigenvalue weighted by molar-refractivity contribution is 6.27. The van der Waals surface area contributed by atoms with Gasteiger partial charge in [-0.25, -0.2) is 0 Å². The molecule has 2 amide bonds. The molecule has 0 atom stereocenters. The summed E-state index contributed by atoms with van der Waals surface area (Å²) in [5.74, 6) is 0.298. The Balaban J connectivity index is 2.25. The number of halogens is 1. The van der Waals surface area contributed by atoms with Crippen LogP contribution in [0.2, 0.25) is 0 Å². The minimum Gasteiger partial charge on any atom is -0.346 e. The van der Waals surface area contributed by atoms with E-state index in [1.807, 2.05) is 0 Å². The van der Waals surface area contributed by atoms with Crippen LogP contribution in [0.15, 0.2) is 0 Å². The molecule has 0 bridgehead atoms. The molecule has 5 heteroatoms. The molecular formula is C10H17ClN2O2. The van der Waals surface area contributed by atoms with Crippen LogP contribution < -0.4 is 5.32 Å². The van der Waals surface area contributed by atoms with Crippen molar-refractivity contribution in [3.05, 3.63) is 0 Å². The molecule has 0 unspecified atom stereocenters. The Hall–Kier alpha value is -0.770. The van der Waals surface area contributed by atoms with Gasteiger partial charge in [-0.3, -0.25) is 9.59 Å². The summed E-state index contributed by atoms with van der Waals surface area (Å²) < 4.78 is 0. The Kier molecular flexibility index (Phi) is 4.88. The number of carbonyl (C=O) groups is 2. The maximum absolute atomic E-state index is 11.6. The topological polar surface area (TPSA) is 49.4 Å². The van der Waals surface area contributed by atoms with Crippen LogP contribution in [0.1, 0.15) is 19.8 Å². The second kappa shape index (κ2) is 5.95. The molecule has 1 rings (SSSR count). The first kappa shape index (κ1) is 12.3. The van der Waals surface area contributed by atoms with E-state index in [0.29, 0.717) is 5.92 Å². The van der Waals surface area contributed by atoms with E-state index in [4.69, 9.17) is 11.6 Å². The van der Waals surface area contributed by atoms with E-state index < -0.39 is 0 Å². The summed E-state index contributed by atoms with van der Waals surface area (Å²) in [4.78, 5) is 24.2. The van der Waals surface area contributed by atoms with Crippen LogP contribution in [-0.2, 0) is 9.59 Å². The molecule has 1 aliphatic heterocycles. The molecule has 1 saturated heterocycles. The number of nitrogens with one attached hydrogen (secondary N) is 1. The molecule has 0 saturated carbocycles. The number of amides is 2. The van der Waals surface area contributed by atoms with Crippen molar-refractivity contribution in [2.24, 2.45) is 5.92 Å². The number of rotatable bonds is 3. The zero-order chi connectivity index (χ0) is 11.3. The van der Waals surface area contributed by atoms with Crippen LogP contribution in [0.3, 0.4) is 0 Å². The second-order valence-electron chi connectivity index (χ2n) is 3.97. The summed E-state index contributed by atoms with van der Waals surface area (Å²) in [5.41, 5.74) is 0. The Morgan fingerprint density at radius 1 is 1.40 bits per heavy atom. The highest BCUT2D eigenvalue weighted by atomic mass is 35.5. The van der Waals surface area contributed by atoms with Gasteiger partial charge in [0, 0.05) is 13.1 Å². The molecule has 0 radical (unpaired) electrons. The molecule has 1 heterocycles. The third kappa shape index (κ3) is 4.08. The largest absolute Gasteiger partial charge is 0.346 e. The Bertz CT molecular complexity index is 238. The normalized spacial score (nSPS) is 17.6. The predicted molar refractivity (Wildman–Crippen MR) is 58.7 cm³/mol. The number of hydrogen-bond acceptors (Lipinski definition) is 2. The molecular weight excluding hydrogens is 216 g/mol. The quantitative estimate of drug-likeness (QED) is 0.725. The van der Waals surface area contributed by atoms with Crippen molar-refractivity contribution in [1.82, 2.24) is 10.2 Å². The smallest absolute Gasteiger partial charge is 0.241 e. The fourth-order valence-corrected chi connectivity index (χ4v) is 1.69. The molecule has 15 heavy (non-hydrogen) atoms. The lowest BCUT2D eigenvalue weighted by molar-refractivity contribution is -0.133. The summed E-state index contributed by atoms with van der Waals surface area (Å²) >= 11 is 5.30. The highest BCUT2D eigenvalue weighted by Gasteiger charge is 2.20. The molecule has 0 aliphatic carbocycles. The van der Waals surface area contributed by atoms with Gasteiger partial charge in [-0.05, 0) is 18.8 Å². The fraction of sp³-hybridized carbons (Fsp3) is 0.800. The van der Waals surface area contributed by atoms with Crippen molar-refractivity contribution in [2.75, 3.05) is 25.5 Å². The molecule has 4 nitrogen and oxygen atoms in total. The van der Waals surface area contributed by atoms with Crippen molar-refractivity contribution in [3.63, 3.8) is 0 Å². The lowest BCUT2D eigenvalue weighted by atomic mass is 9.99. The van der Waals surface area contributed by atoms with Crippen molar-refractivity contribution in [1.29, 1.82) is 0 Å². The summed E-state index contributed by atoms with van der Waals surface area (Å²) in [6, 6.07) is 0. The van der Waals surface area contributed by atoms with Gasteiger partial charge in [0.2, 0.25) is 11.8 Å². The van der Waals surface area contributed by atoms with Gasteiger partial charge in [0.15, 0.2) is 0 Å². The van der Waals surface area contributed by atoms with Crippen molar-refractivity contribution < 1.29 is 9.59 Å². The minimum absolute atomic E-state index is 0.0135. The molecule has 1 fully saturated rings. The number of carbonyl (C=O) groups excluding carboxylic acids is 2. The maximum atomic E-state index is 11.6. The molecule has 0 spiro atoms. The molecule has 86 valence electrons. The van der Waals surface area contributed by atoms with Crippen LogP contribution in [0.25, 0.3) is 0 Å². The molecule has 1 aliphatic rings. The minimum atomic E-state index is -0.296. The van der Waals surface area contributed by atoms with E-state index in [-0.39, 0.29) is 24.2 Å². The number of alkyl halides is 1. The zero-order valence-electron chi connectivity index (χ0n) is 8.96. The van der Waals surface area contributed by atoms with Crippen LogP contribution in [0.4, 0.5) is 0 Å². The zero-order valence-corrected chi connectivity index (χ0v) is 9.72. The third-order valence-corrected chi connectivity index (χ3v) is 2.94. The van der Waals surface area contributed by atoms with Gasteiger partial charge < -0.3 is 10.2 Å². The van der Waals surface area contributed by atoms with Gasteiger partial charge in [0.25, 0.3) is 0 Å². The monoisotopic (exact) mass is 232 g/mol. The van der Waals surface area contributed by atoms with Crippen LogP contribution in [-0.4, -0.2) is 42.2 Å². The van der Waals surface area contributed by atoms with E-state index in [1.54, 1.807) is 4.90 Å². The number of piperidine rings is 1. The Morgan fingerprint density at radius 3 is 2.53 bits per heavy atom. The average molecular weight is 233 g/mol. The number of likely N-dealkylation sites (tertiary alicyclic amines) is 1. The Morgan fingerprint density at radius 2 is 2.00 bits per heavy atom. The van der Waals surface area contributed by atoms with E-state index in [0.717, 1.165) is 25.9 Å². The van der Waals surface area contributed by atoms with Gasteiger partial charge in [-0.1, -0.05) is 6.92 Å². The van der Waals surface area contributed by atoms with Gasteiger partial charge in [0.05, 0.1) is 6.54 Å². The fourth-order valence-electron chi connectivity index (χ4n) is 1.59. The van der Waals surface area contributed by atoms with Gasteiger partial charge in [0.1, 0.15) is 5.88 Å². The van der Waals surface area contributed by atoms with Crippen LogP contribution >= 0.6 is 11.6 Å². The summed E-state index contributed by atoms with van der Waals surface area (Å²) in [7, 11) is 0. The van der Waals surface area contributed by atoms with Crippen LogP contribution in [0, 0.1) is 5.92 Å². The maximum Gasteiger partial charge on any atom is 0.241 e. The van der Waals surface area contributed by atoms with Gasteiger partial charge >= 0.3 is 0 Å². The third-order valence-electron chi connectivity index (χ3n) is 2.69. The van der Waals surface area contributed by atoms with E-state index in [2.05, 4.69) is 12.2 Å². The first-order valence-corrected chi connectivity index (χ1v) is 5.77. The molecule has 0 aromatic carbocycles. The second-order valence-corrected chi connectivity index (χ2v) is 4.24. The van der Waals surface area contributed by atoms with Crippen molar-refractivity contribution in [3.8, 4) is 0 Å². The summed E-state index contributed by atoms with van der Waals surface area (Å²) in [6.07, 6.45) is 2.10. The summed E-state index contributed by atoms with van der Waals surface area (Å²) in [5, 5.41) is 2.48. The lowest BCUT2D eigenvalue weighted by Gasteiger charge is -2.30. The highest BCUT2D eigenvalue weighted by Crippen LogP contribution is 2.15. The van der Waals surface area contributed by atoms with E-state index in [1.165, 1.54) is 0 Å².